The van der Waals surface area contributed by atoms with Crippen LogP contribution in [0.2, 0.25) is 0 Å². The third-order valence-corrected chi connectivity index (χ3v) is 6.21. The maximum atomic E-state index is 11.7. The molecule has 32 heavy (non-hydrogen) atoms. The highest BCUT2D eigenvalue weighted by molar-refractivity contribution is 7.86. The van der Waals surface area contributed by atoms with Gasteiger partial charge < -0.3 is 0 Å². The van der Waals surface area contributed by atoms with Gasteiger partial charge in [-0.1, -0.05) is 72.2 Å². The standard InChI is InChI=1S/C24H18BN3O3S/c25-19-11-9-18(23(15-19)32(29,30)31)8-5-16-6-12-20(13-7-16)28-26-22-14-10-17-3-1-2-4-21(17)24(22)27-28/h1-15H,25H2,(H,29,30,31)/b8-5+. The van der Waals surface area contributed by atoms with E-state index in [1.54, 1.807) is 36.9 Å². The SMILES string of the molecule is Bc1ccc(/C=C/c2ccc(-n3nc4ccc5ccccc5c4n3)cc2)c(S(=O)(=O)O)c1. The summed E-state index contributed by atoms with van der Waals surface area (Å²) in [5, 5.41) is 11.4. The molecule has 4 aromatic carbocycles. The van der Waals surface area contributed by atoms with E-state index >= 15 is 0 Å². The number of nitrogens with zero attached hydrogens (tertiary/aromatic N) is 3. The molecule has 1 N–H and O–H groups in total. The molecule has 0 aliphatic rings. The first kappa shape index (κ1) is 20.2. The summed E-state index contributed by atoms with van der Waals surface area (Å²) in [4.78, 5) is 1.51. The molecular formula is C24H18BN3O3S. The molecule has 0 aliphatic heterocycles. The molecule has 8 heteroatoms. The number of fused-ring (bicyclic) bond motifs is 3. The number of aromatic nitrogens is 3. The topological polar surface area (TPSA) is 85.1 Å². The lowest BCUT2D eigenvalue weighted by molar-refractivity contribution is 0.483. The molecule has 5 rings (SSSR count). The van der Waals surface area contributed by atoms with Crippen molar-refractivity contribution in [3.63, 3.8) is 0 Å². The Morgan fingerprint density at radius 1 is 0.875 bits per heavy atom. The van der Waals surface area contributed by atoms with E-state index in [9.17, 15) is 13.0 Å². The zero-order chi connectivity index (χ0) is 22.3. The van der Waals surface area contributed by atoms with Crippen LogP contribution in [0.4, 0.5) is 0 Å². The Balaban J connectivity index is 1.46. The van der Waals surface area contributed by atoms with Gasteiger partial charge in [-0.05, 0) is 40.8 Å². The van der Waals surface area contributed by atoms with Gasteiger partial charge in [-0.3, -0.25) is 4.55 Å². The molecular weight excluding hydrogens is 421 g/mol. The quantitative estimate of drug-likeness (QED) is 0.264. The van der Waals surface area contributed by atoms with Crippen molar-refractivity contribution in [3.05, 3.63) is 90.0 Å². The van der Waals surface area contributed by atoms with Crippen LogP contribution in [-0.2, 0) is 10.1 Å². The summed E-state index contributed by atoms with van der Waals surface area (Å²) >= 11 is 0. The first-order valence-corrected chi connectivity index (χ1v) is 11.4. The van der Waals surface area contributed by atoms with Crippen LogP contribution in [0, 0.1) is 0 Å². The minimum atomic E-state index is -4.30. The van der Waals surface area contributed by atoms with E-state index < -0.39 is 10.1 Å². The molecule has 0 unspecified atom stereocenters. The Kier molecular flexibility index (Phi) is 4.88. The number of benzene rings is 4. The largest absolute Gasteiger partial charge is 0.295 e. The van der Waals surface area contributed by atoms with Crippen molar-refractivity contribution in [1.82, 2.24) is 15.0 Å². The maximum absolute atomic E-state index is 11.7. The van der Waals surface area contributed by atoms with Gasteiger partial charge in [0.15, 0.2) is 0 Å². The summed E-state index contributed by atoms with van der Waals surface area (Å²) < 4.78 is 32.9. The zero-order valence-corrected chi connectivity index (χ0v) is 18.0. The van der Waals surface area contributed by atoms with E-state index in [-0.39, 0.29) is 4.90 Å². The summed E-state index contributed by atoms with van der Waals surface area (Å²) in [7, 11) is -2.53. The molecule has 0 saturated heterocycles. The van der Waals surface area contributed by atoms with Crippen molar-refractivity contribution in [2.24, 2.45) is 0 Å². The van der Waals surface area contributed by atoms with Crippen LogP contribution in [0.5, 0.6) is 0 Å². The van der Waals surface area contributed by atoms with Gasteiger partial charge in [-0.15, -0.1) is 10.2 Å². The number of rotatable bonds is 4. The monoisotopic (exact) mass is 439 g/mol. The van der Waals surface area contributed by atoms with Crippen LogP contribution >= 0.6 is 0 Å². The molecule has 0 saturated carbocycles. The van der Waals surface area contributed by atoms with Gasteiger partial charge in [-0.2, -0.15) is 13.2 Å². The van der Waals surface area contributed by atoms with E-state index in [1.807, 2.05) is 54.6 Å². The lowest BCUT2D eigenvalue weighted by atomic mass is 9.95. The highest BCUT2D eigenvalue weighted by Crippen LogP contribution is 2.23. The fourth-order valence-corrected chi connectivity index (χ4v) is 4.44. The second-order valence-electron chi connectivity index (χ2n) is 7.59. The lowest BCUT2D eigenvalue weighted by Gasteiger charge is -2.05. The van der Waals surface area contributed by atoms with E-state index in [1.165, 1.54) is 6.07 Å². The van der Waals surface area contributed by atoms with E-state index in [0.717, 1.165) is 38.5 Å². The van der Waals surface area contributed by atoms with Crippen molar-refractivity contribution in [1.29, 1.82) is 0 Å². The first-order chi connectivity index (χ1) is 15.4. The molecule has 1 heterocycles. The Hall–Kier alpha value is -3.75. The summed E-state index contributed by atoms with van der Waals surface area (Å²) in [5.74, 6) is 0. The molecule has 0 spiro atoms. The van der Waals surface area contributed by atoms with Crippen molar-refractivity contribution in [2.75, 3.05) is 0 Å². The van der Waals surface area contributed by atoms with E-state index in [2.05, 4.69) is 16.3 Å². The van der Waals surface area contributed by atoms with Crippen LogP contribution in [0.15, 0.2) is 83.8 Å². The molecule has 1 aromatic heterocycles. The van der Waals surface area contributed by atoms with Gasteiger partial charge in [0.1, 0.15) is 23.8 Å². The van der Waals surface area contributed by atoms with Crippen LogP contribution in [0.25, 0.3) is 39.6 Å². The molecule has 5 aromatic rings. The average Bonchev–Trinajstić information content (AvgIpc) is 3.23. The third-order valence-electron chi connectivity index (χ3n) is 5.30. The minimum Gasteiger partial charge on any atom is -0.282 e. The Morgan fingerprint density at radius 2 is 1.66 bits per heavy atom. The van der Waals surface area contributed by atoms with Crippen LogP contribution in [-0.4, -0.2) is 35.8 Å². The van der Waals surface area contributed by atoms with E-state index in [0.29, 0.717) is 5.56 Å². The van der Waals surface area contributed by atoms with Crippen molar-refractivity contribution in [2.45, 2.75) is 4.90 Å². The van der Waals surface area contributed by atoms with Gasteiger partial charge in [0.05, 0.1) is 5.69 Å². The predicted octanol–water partition coefficient (Wildman–Crippen LogP) is 3.25. The molecule has 0 aliphatic carbocycles. The molecule has 0 bridgehead atoms. The minimum absolute atomic E-state index is 0.106. The van der Waals surface area contributed by atoms with Gasteiger partial charge in [0.2, 0.25) is 0 Å². The van der Waals surface area contributed by atoms with Crippen LogP contribution < -0.4 is 5.46 Å². The second-order valence-corrected chi connectivity index (χ2v) is 8.98. The molecule has 0 amide bonds. The molecule has 0 atom stereocenters. The summed E-state index contributed by atoms with van der Waals surface area (Å²) in [6.45, 7) is 0. The smallest absolute Gasteiger partial charge is 0.282 e. The van der Waals surface area contributed by atoms with Crippen LogP contribution in [0.1, 0.15) is 11.1 Å². The summed E-state index contributed by atoms with van der Waals surface area (Å²) in [5.41, 5.74) is 4.54. The Morgan fingerprint density at radius 3 is 2.44 bits per heavy atom. The molecule has 156 valence electrons. The lowest BCUT2D eigenvalue weighted by Crippen LogP contribution is -2.08. The fraction of sp³-hybridized carbons (Fsp3) is 0. The Bertz CT molecular complexity index is 1610. The normalized spacial score (nSPS) is 12.2. The second kappa shape index (κ2) is 7.74. The molecule has 0 fully saturated rings. The highest BCUT2D eigenvalue weighted by atomic mass is 32.2. The Labute approximate surface area is 186 Å². The van der Waals surface area contributed by atoms with Gasteiger partial charge >= 0.3 is 0 Å². The van der Waals surface area contributed by atoms with Crippen molar-refractivity contribution < 1.29 is 13.0 Å². The van der Waals surface area contributed by atoms with Gasteiger partial charge in [0.25, 0.3) is 10.1 Å². The average molecular weight is 439 g/mol. The van der Waals surface area contributed by atoms with Crippen LogP contribution in [0.3, 0.4) is 0 Å². The first-order valence-electron chi connectivity index (χ1n) is 10.00. The van der Waals surface area contributed by atoms with Crippen molar-refractivity contribution in [3.8, 4) is 5.69 Å². The predicted molar refractivity (Wildman–Crippen MR) is 130 cm³/mol. The summed E-state index contributed by atoms with van der Waals surface area (Å²) in [6, 6.07) is 24.6. The van der Waals surface area contributed by atoms with Gasteiger partial charge in [0, 0.05) is 5.39 Å². The number of hydrogen-bond donors (Lipinski definition) is 1. The molecule has 0 radical (unpaired) electrons. The zero-order valence-electron chi connectivity index (χ0n) is 17.2. The van der Waals surface area contributed by atoms with Gasteiger partial charge in [-0.25, -0.2) is 0 Å². The summed E-state index contributed by atoms with van der Waals surface area (Å²) in [6.07, 6.45) is 3.47. The third kappa shape index (κ3) is 3.81. The molecule has 6 nitrogen and oxygen atoms in total. The fourth-order valence-electron chi connectivity index (χ4n) is 3.67. The van der Waals surface area contributed by atoms with E-state index in [4.69, 9.17) is 0 Å². The highest BCUT2D eigenvalue weighted by Gasteiger charge is 2.14. The maximum Gasteiger partial charge on any atom is 0.295 e. The number of hydrogen-bond acceptors (Lipinski definition) is 4. The van der Waals surface area contributed by atoms with Crippen molar-refractivity contribution >= 4 is 57.4 Å².